The highest BCUT2D eigenvalue weighted by Crippen LogP contribution is 2.47. The van der Waals surface area contributed by atoms with E-state index in [1.54, 1.807) is 0 Å². The van der Waals surface area contributed by atoms with Crippen LogP contribution in [0.1, 0.15) is 44.6 Å². The summed E-state index contributed by atoms with van der Waals surface area (Å²) in [6.45, 7) is 4.84. The molecule has 2 unspecified atom stereocenters. The van der Waals surface area contributed by atoms with Crippen LogP contribution in [0.25, 0.3) is 0 Å². The average molecular weight is 275 g/mol. The Morgan fingerprint density at radius 1 is 1.30 bits per heavy atom. The van der Waals surface area contributed by atoms with Crippen molar-refractivity contribution in [2.24, 2.45) is 11.3 Å². The molecule has 1 fully saturated rings. The summed E-state index contributed by atoms with van der Waals surface area (Å²) in [6.07, 6.45) is 2.71. The number of carbonyl (C=O) groups is 1. The van der Waals surface area contributed by atoms with Gasteiger partial charge in [0.2, 0.25) is 5.91 Å². The van der Waals surface area contributed by atoms with Gasteiger partial charge in [0, 0.05) is 17.9 Å². The van der Waals surface area contributed by atoms with Crippen molar-refractivity contribution in [3.05, 3.63) is 35.9 Å². The van der Waals surface area contributed by atoms with E-state index in [1.807, 2.05) is 18.2 Å². The first-order valence-electron chi connectivity index (χ1n) is 7.59. The normalized spacial score (nSPS) is 21.6. The Kier molecular flexibility index (Phi) is 4.81. The quantitative estimate of drug-likeness (QED) is 0.804. The Morgan fingerprint density at radius 3 is 2.50 bits per heavy atom. The molecule has 20 heavy (non-hydrogen) atoms. The van der Waals surface area contributed by atoms with Crippen LogP contribution in [-0.4, -0.2) is 24.2 Å². The third-order valence-electron chi connectivity index (χ3n) is 4.83. The Hall–Kier alpha value is -1.35. The first-order chi connectivity index (χ1) is 9.65. The van der Waals surface area contributed by atoms with Gasteiger partial charge in [0.05, 0.1) is 6.61 Å². The van der Waals surface area contributed by atoms with Gasteiger partial charge in [0.15, 0.2) is 0 Å². The largest absolute Gasteiger partial charge is 0.396 e. The maximum Gasteiger partial charge on any atom is 0.223 e. The first-order valence-corrected chi connectivity index (χ1v) is 7.59. The minimum Gasteiger partial charge on any atom is -0.396 e. The molecule has 0 aromatic heterocycles. The predicted octanol–water partition coefficient (Wildman–Crippen LogP) is 2.71. The van der Waals surface area contributed by atoms with Crippen LogP contribution in [0.4, 0.5) is 0 Å². The summed E-state index contributed by atoms with van der Waals surface area (Å²) in [5, 5.41) is 12.6. The lowest BCUT2D eigenvalue weighted by atomic mass is 9.83. The number of rotatable bonds is 7. The van der Waals surface area contributed by atoms with Gasteiger partial charge < -0.3 is 10.4 Å². The van der Waals surface area contributed by atoms with Crippen LogP contribution in [0.15, 0.2) is 30.3 Å². The van der Waals surface area contributed by atoms with E-state index in [1.165, 1.54) is 5.56 Å². The van der Waals surface area contributed by atoms with E-state index in [0.717, 1.165) is 19.3 Å². The Bertz CT molecular complexity index is 431. The summed E-state index contributed by atoms with van der Waals surface area (Å²) in [7, 11) is 0. The van der Waals surface area contributed by atoms with Crippen molar-refractivity contribution in [2.75, 3.05) is 13.2 Å². The molecule has 0 heterocycles. The van der Waals surface area contributed by atoms with Gasteiger partial charge in [0.25, 0.3) is 0 Å². The van der Waals surface area contributed by atoms with Crippen molar-refractivity contribution in [3.8, 4) is 0 Å². The molecular weight excluding hydrogens is 250 g/mol. The molecule has 1 aromatic carbocycles. The maximum atomic E-state index is 12.2. The van der Waals surface area contributed by atoms with E-state index in [0.29, 0.717) is 12.5 Å². The Balaban J connectivity index is 1.86. The standard InChI is InChI=1S/C17H25NO2/c1-3-17(4-2,12-19)11-18-16(20)15-10-14(15)13-8-6-5-7-9-13/h5-9,14-15,19H,3-4,10-12H2,1-2H3,(H,18,20). The lowest BCUT2D eigenvalue weighted by molar-refractivity contribution is -0.123. The maximum absolute atomic E-state index is 12.2. The van der Waals surface area contributed by atoms with Gasteiger partial charge in [-0.25, -0.2) is 0 Å². The summed E-state index contributed by atoms with van der Waals surface area (Å²) >= 11 is 0. The monoisotopic (exact) mass is 275 g/mol. The van der Waals surface area contributed by atoms with Crippen molar-refractivity contribution < 1.29 is 9.90 Å². The number of benzene rings is 1. The SMILES string of the molecule is CCC(CC)(CO)CNC(=O)C1CC1c1ccccc1. The second-order valence-corrected chi connectivity index (χ2v) is 5.94. The highest BCUT2D eigenvalue weighted by molar-refractivity contribution is 5.82. The van der Waals surface area contributed by atoms with Crippen LogP contribution >= 0.6 is 0 Å². The van der Waals surface area contributed by atoms with Gasteiger partial charge >= 0.3 is 0 Å². The number of hydrogen-bond donors (Lipinski definition) is 2. The first kappa shape index (κ1) is 15.0. The molecule has 2 rings (SSSR count). The lowest BCUT2D eigenvalue weighted by Crippen LogP contribution is -2.40. The fourth-order valence-corrected chi connectivity index (χ4v) is 2.74. The Labute approximate surface area is 121 Å². The molecule has 0 bridgehead atoms. The third-order valence-corrected chi connectivity index (χ3v) is 4.83. The molecule has 0 spiro atoms. The number of aliphatic hydroxyl groups is 1. The number of aliphatic hydroxyl groups excluding tert-OH is 1. The lowest BCUT2D eigenvalue weighted by Gasteiger charge is -2.29. The zero-order valence-corrected chi connectivity index (χ0v) is 12.4. The molecule has 3 nitrogen and oxygen atoms in total. The molecule has 1 aromatic rings. The summed E-state index contributed by atoms with van der Waals surface area (Å²) in [6, 6.07) is 10.2. The Morgan fingerprint density at radius 2 is 1.95 bits per heavy atom. The van der Waals surface area contributed by atoms with Crippen molar-refractivity contribution in [1.29, 1.82) is 0 Å². The van der Waals surface area contributed by atoms with E-state index in [4.69, 9.17) is 0 Å². The van der Waals surface area contributed by atoms with E-state index in [2.05, 4.69) is 31.3 Å². The van der Waals surface area contributed by atoms with Gasteiger partial charge in [-0.15, -0.1) is 0 Å². The molecule has 2 N–H and O–H groups in total. The van der Waals surface area contributed by atoms with Gasteiger partial charge in [-0.05, 0) is 30.7 Å². The molecule has 1 amide bonds. The minimum atomic E-state index is -0.160. The number of nitrogens with one attached hydrogen (secondary N) is 1. The molecule has 0 radical (unpaired) electrons. The van der Waals surface area contributed by atoms with Gasteiger partial charge in [-0.3, -0.25) is 4.79 Å². The number of hydrogen-bond acceptors (Lipinski definition) is 2. The third kappa shape index (κ3) is 3.21. The van der Waals surface area contributed by atoms with Crippen LogP contribution in [0.5, 0.6) is 0 Å². The fraction of sp³-hybridized carbons (Fsp3) is 0.588. The molecule has 2 atom stereocenters. The highest BCUT2D eigenvalue weighted by Gasteiger charge is 2.44. The van der Waals surface area contributed by atoms with Crippen LogP contribution in [-0.2, 0) is 4.79 Å². The topological polar surface area (TPSA) is 49.3 Å². The zero-order chi connectivity index (χ0) is 14.6. The molecular formula is C17H25NO2. The van der Waals surface area contributed by atoms with Crippen molar-refractivity contribution in [3.63, 3.8) is 0 Å². The molecule has 1 aliphatic rings. The summed E-state index contributed by atoms with van der Waals surface area (Å²) in [5.74, 6) is 0.629. The highest BCUT2D eigenvalue weighted by atomic mass is 16.3. The second-order valence-electron chi connectivity index (χ2n) is 5.94. The summed E-state index contributed by atoms with van der Waals surface area (Å²) < 4.78 is 0. The van der Waals surface area contributed by atoms with E-state index < -0.39 is 0 Å². The number of carbonyl (C=O) groups excluding carboxylic acids is 1. The zero-order valence-electron chi connectivity index (χ0n) is 12.4. The molecule has 0 aliphatic heterocycles. The van der Waals surface area contributed by atoms with Crippen LogP contribution in [0, 0.1) is 11.3 Å². The average Bonchev–Trinajstić information content (AvgIpc) is 3.30. The summed E-state index contributed by atoms with van der Waals surface area (Å²) in [4.78, 5) is 12.2. The predicted molar refractivity (Wildman–Crippen MR) is 80.4 cm³/mol. The minimum absolute atomic E-state index is 0.113. The molecule has 0 saturated heterocycles. The smallest absolute Gasteiger partial charge is 0.223 e. The van der Waals surface area contributed by atoms with Crippen LogP contribution in [0.2, 0.25) is 0 Å². The molecule has 3 heteroatoms. The fourth-order valence-electron chi connectivity index (χ4n) is 2.74. The van der Waals surface area contributed by atoms with Gasteiger partial charge in [0.1, 0.15) is 0 Å². The molecule has 1 saturated carbocycles. The summed E-state index contributed by atoms with van der Waals surface area (Å²) in [5.41, 5.74) is 1.10. The van der Waals surface area contributed by atoms with Crippen molar-refractivity contribution in [2.45, 2.75) is 39.0 Å². The van der Waals surface area contributed by atoms with Crippen molar-refractivity contribution >= 4 is 5.91 Å². The van der Waals surface area contributed by atoms with E-state index in [9.17, 15) is 9.90 Å². The van der Waals surface area contributed by atoms with E-state index in [-0.39, 0.29) is 23.8 Å². The molecule has 110 valence electrons. The van der Waals surface area contributed by atoms with Gasteiger partial charge in [-0.1, -0.05) is 44.2 Å². The number of amides is 1. The van der Waals surface area contributed by atoms with Crippen LogP contribution in [0.3, 0.4) is 0 Å². The van der Waals surface area contributed by atoms with Gasteiger partial charge in [-0.2, -0.15) is 0 Å². The molecule has 1 aliphatic carbocycles. The van der Waals surface area contributed by atoms with Crippen LogP contribution < -0.4 is 5.32 Å². The van der Waals surface area contributed by atoms with Crippen molar-refractivity contribution in [1.82, 2.24) is 5.32 Å². The van der Waals surface area contributed by atoms with E-state index >= 15 is 0 Å². The second kappa shape index (κ2) is 6.40.